The first-order chi connectivity index (χ1) is 16.1. The minimum absolute atomic E-state index is 0.0524. The van der Waals surface area contributed by atoms with Crippen molar-refractivity contribution in [1.29, 1.82) is 0 Å². The number of benzene rings is 2. The maximum absolute atomic E-state index is 12.7. The van der Waals surface area contributed by atoms with Gasteiger partial charge < -0.3 is 24.1 Å². The molecule has 0 aliphatic heterocycles. The summed E-state index contributed by atoms with van der Waals surface area (Å²) in [5.41, 5.74) is 1.16. The van der Waals surface area contributed by atoms with E-state index >= 15 is 0 Å². The molecule has 3 aromatic rings. The molecule has 2 aromatic carbocycles. The third-order valence-electron chi connectivity index (χ3n) is 4.57. The zero-order valence-corrected chi connectivity index (χ0v) is 20.0. The highest BCUT2D eigenvalue weighted by Crippen LogP contribution is 2.22. The van der Waals surface area contributed by atoms with Gasteiger partial charge in [0.05, 0.1) is 12.8 Å². The number of nitrogens with one attached hydrogen (secondary N) is 2. The average Bonchev–Trinajstić information content (AvgIpc) is 3.26. The van der Waals surface area contributed by atoms with Gasteiger partial charge in [-0.1, -0.05) is 12.1 Å². The summed E-state index contributed by atoms with van der Waals surface area (Å²) in [6.45, 7) is 5.55. The summed E-state index contributed by atoms with van der Waals surface area (Å²) in [7, 11) is -4.10. The molecule has 0 unspecified atom stereocenters. The lowest BCUT2D eigenvalue weighted by Gasteiger charge is -2.24. The van der Waals surface area contributed by atoms with Gasteiger partial charge in [-0.2, -0.15) is 8.42 Å². The SMILES string of the molecule is CC(=O)Nc1ccc(S(=O)(=O)Oc2cccc(CN(Cc3ccco3)C(=O)NC(C)C)c2)cc1. The highest BCUT2D eigenvalue weighted by atomic mass is 32.2. The van der Waals surface area contributed by atoms with E-state index < -0.39 is 10.1 Å². The van der Waals surface area contributed by atoms with Crippen LogP contribution in [0.4, 0.5) is 10.5 Å². The summed E-state index contributed by atoms with van der Waals surface area (Å²) in [5, 5.41) is 5.43. The zero-order valence-electron chi connectivity index (χ0n) is 19.1. The molecule has 0 fully saturated rings. The number of rotatable bonds is 9. The molecule has 0 aliphatic rings. The first-order valence-corrected chi connectivity index (χ1v) is 12.0. The van der Waals surface area contributed by atoms with Crippen molar-refractivity contribution in [3.8, 4) is 5.75 Å². The molecule has 1 aromatic heterocycles. The average molecular weight is 486 g/mol. The fraction of sp³-hybridized carbons (Fsp3) is 0.250. The first kappa shape index (κ1) is 24.8. The smallest absolute Gasteiger partial charge is 0.339 e. The van der Waals surface area contributed by atoms with Gasteiger partial charge in [-0.05, 0) is 67.9 Å². The summed E-state index contributed by atoms with van der Waals surface area (Å²) in [4.78, 5) is 25.3. The van der Waals surface area contributed by atoms with Crippen molar-refractivity contribution in [3.63, 3.8) is 0 Å². The lowest BCUT2D eigenvalue weighted by atomic mass is 10.2. The number of hydrogen-bond donors (Lipinski definition) is 2. The Morgan fingerprint density at radius 1 is 1.03 bits per heavy atom. The summed E-state index contributed by atoms with van der Waals surface area (Å²) in [6.07, 6.45) is 1.54. The van der Waals surface area contributed by atoms with Gasteiger partial charge in [0.2, 0.25) is 5.91 Å². The van der Waals surface area contributed by atoms with Crippen LogP contribution in [0.2, 0.25) is 0 Å². The Balaban J connectivity index is 1.75. The van der Waals surface area contributed by atoms with Crippen molar-refractivity contribution in [2.24, 2.45) is 0 Å². The van der Waals surface area contributed by atoms with Gasteiger partial charge in [-0.25, -0.2) is 4.79 Å². The summed E-state index contributed by atoms with van der Waals surface area (Å²) >= 11 is 0. The molecule has 34 heavy (non-hydrogen) atoms. The summed E-state index contributed by atoms with van der Waals surface area (Å²) < 4.78 is 36.1. The second-order valence-corrected chi connectivity index (χ2v) is 9.48. The van der Waals surface area contributed by atoms with Gasteiger partial charge in [0.1, 0.15) is 16.4 Å². The molecular formula is C24H27N3O6S. The Morgan fingerprint density at radius 3 is 2.38 bits per heavy atom. The maximum Gasteiger partial charge on any atom is 0.339 e. The number of carbonyl (C=O) groups is 2. The Hall–Kier alpha value is -3.79. The van der Waals surface area contributed by atoms with Gasteiger partial charge in [0.25, 0.3) is 0 Å². The number of nitrogens with zero attached hydrogens (tertiary/aromatic N) is 1. The number of anilines is 1. The van der Waals surface area contributed by atoms with Gasteiger partial charge in [-0.15, -0.1) is 0 Å². The third-order valence-corrected chi connectivity index (χ3v) is 5.83. The van der Waals surface area contributed by atoms with Crippen LogP contribution in [0.1, 0.15) is 32.1 Å². The molecule has 2 N–H and O–H groups in total. The molecule has 0 saturated heterocycles. The lowest BCUT2D eigenvalue weighted by molar-refractivity contribution is -0.114. The van der Waals surface area contributed by atoms with Crippen LogP contribution in [0.25, 0.3) is 0 Å². The summed E-state index contributed by atoms with van der Waals surface area (Å²) in [5.74, 6) is 0.481. The number of amides is 3. The lowest BCUT2D eigenvalue weighted by Crippen LogP contribution is -2.42. The fourth-order valence-corrected chi connectivity index (χ4v) is 4.05. The van der Waals surface area contributed by atoms with Crippen LogP contribution in [0.3, 0.4) is 0 Å². The first-order valence-electron chi connectivity index (χ1n) is 10.6. The van der Waals surface area contributed by atoms with E-state index in [1.807, 2.05) is 13.8 Å². The van der Waals surface area contributed by atoms with E-state index in [-0.39, 0.29) is 41.7 Å². The van der Waals surface area contributed by atoms with E-state index in [1.165, 1.54) is 43.5 Å². The predicted molar refractivity (Wildman–Crippen MR) is 127 cm³/mol. The van der Waals surface area contributed by atoms with Crippen LogP contribution in [-0.4, -0.2) is 31.3 Å². The molecule has 0 saturated carbocycles. The molecule has 0 aliphatic carbocycles. The molecule has 0 bridgehead atoms. The minimum atomic E-state index is -4.10. The van der Waals surface area contributed by atoms with Crippen molar-refractivity contribution in [2.45, 2.75) is 44.8 Å². The quantitative estimate of drug-likeness (QED) is 0.440. The fourth-order valence-electron chi connectivity index (χ4n) is 3.13. The molecule has 0 atom stereocenters. The molecular weight excluding hydrogens is 458 g/mol. The Kier molecular flexibility index (Phi) is 7.95. The van der Waals surface area contributed by atoms with Gasteiger partial charge in [-0.3, -0.25) is 4.79 Å². The normalized spacial score (nSPS) is 11.2. The van der Waals surface area contributed by atoms with Crippen LogP contribution in [0, 0.1) is 0 Å². The molecule has 180 valence electrons. The highest BCUT2D eigenvalue weighted by molar-refractivity contribution is 7.87. The van der Waals surface area contributed by atoms with Gasteiger partial charge in [0, 0.05) is 25.2 Å². The van der Waals surface area contributed by atoms with Gasteiger partial charge >= 0.3 is 16.1 Å². The number of furan rings is 1. The number of carbonyl (C=O) groups excluding carboxylic acids is 2. The van der Waals surface area contributed by atoms with Crippen LogP contribution >= 0.6 is 0 Å². The van der Waals surface area contributed by atoms with E-state index in [4.69, 9.17) is 8.60 Å². The zero-order chi connectivity index (χ0) is 24.7. The van der Waals surface area contributed by atoms with Crippen molar-refractivity contribution in [1.82, 2.24) is 10.2 Å². The third kappa shape index (κ3) is 7.11. The maximum atomic E-state index is 12.7. The van der Waals surface area contributed by atoms with Crippen molar-refractivity contribution in [2.75, 3.05) is 5.32 Å². The van der Waals surface area contributed by atoms with Gasteiger partial charge in [0.15, 0.2) is 0 Å². The summed E-state index contributed by atoms with van der Waals surface area (Å²) in [6, 6.07) is 15.4. The second-order valence-electron chi connectivity index (χ2n) is 7.93. The van der Waals surface area contributed by atoms with Crippen LogP contribution < -0.4 is 14.8 Å². The number of hydrogen-bond acceptors (Lipinski definition) is 6. The standard InChI is InChI=1S/C24H27N3O6S/c1-17(2)25-24(29)27(16-22-8-5-13-32-22)15-19-6-4-7-21(14-19)33-34(30,31)23-11-9-20(10-12-23)26-18(3)28/h4-14,17H,15-16H2,1-3H3,(H,25,29)(H,26,28). The number of urea groups is 1. The van der Waals surface area contributed by atoms with Crippen LogP contribution in [0.5, 0.6) is 5.75 Å². The highest BCUT2D eigenvalue weighted by Gasteiger charge is 2.19. The van der Waals surface area contributed by atoms with E-state index in [0.717, 1.165) is 0 Å². The molecule has 9 nitrogen and oxygen atoms in total. The molecule has 10 heteroatoms. The molecule has 3 amide bonds. The van der Waals surface area contributed by atoms with E-state index in [9.17, 15) is 18.0 Å². The van der Waals surface area contributed by atoms with Crippen molar-refractivity contribution in [3.05, 3.63) is 78.3 Å². The van der Waals surface area contributed by atoms with E-state index in [1.54, 1.807) is 35.2 Å². The van der Waals surface area contributed by atoms with E-state index in [2.05, 4.69) is 10.6 Å². The Morgan fingerprint density at radius 2 is 1.76 bits per heavy atom. The molecule has 0 radical (unpaired) electrons. The second kappa shape index (κ2) is 10.9. The minimum Gasteiger partial charge on any atom is -0.467 e. The Labute approximate surface area is 198 Å². The van der Waals surface area contributed by atoms with Crippen molar-refractivity contribution >= 4 is 27.7 Å². The molecule has 0 spiro atoms. The molecule has 1 heterocycles. The Bertz CT molecular complexity index is 1220. The predicted octanol–water partition coefficient (Wildman–Crippen LogP) is 4.13. The van der Waals surface area contributed by atoms with Crippen LogP contribution in [-0.2, 0) is 28.0 Å². The monoisotopic (exact) mass is 485 g/mol. The topological polar surface area (TPSA) is 118 Å². The molecule has 3 rings (SSSR count). The van der Waals surface area contributed by atoms with Crippen LogP contribution in [0.15, 0.2) is 76.2 Å². The van der Waals surface area contributed by atoms with Crippen molar-refractivity contribution < 1.29 is 26.6 Å². The van der Waals surface area contributed by atoms with E-state index in [0.29, 0.717) is 17.0 Å². The largest absolute Gasteiger partial charge is 0.467 e.